The van der Waals surface area contributed by atoms with E-state index >= 15 is 0 Å². The zero-order valence-corrected chi connectivity index (χ0v) is 18.3. The number of anilines is 1. The van der Waals surface area contributed by atoms with Gasteiger partial charge >= 0.3 is 0 Å². The Bertz CT molecular complexity index is 1520. The van der Waals surface area contributed by atoms with Gasteiger partial charge in [-0.2, -0.15) is 5.10 Å². The molecule has 4 heterocycles. The molecule has 34 heavy (non-hydrogen) atoms. The lowest BCUT2D eigenvalue weighted by Crippen LogP contribution is -2.27. The molecule has 1 aliphatic heterocycles. The highest BCUT2D eigenvalue weighted by molar-refractivity contribution is 7.18. The van der Waals surface area contributed by atoms with Crippen molar-refractivity contribution < 1.29 is 18.0 Å². The first-order chi connectivity index (χ1) is 16.4. The predicted molar refractivity (Wildman–Crippen MR) is 121 cm³/mol. The summed E-state index contributed by atoms with van der Waals surface area (Å²) < 4.78 is 42.5. The van der Waals surface area contributed by atoms with Gasteiger partial charge in [-0.15, -0.1) is 11.3 Å². The Morgan fingerprint density at radius 2 is 2.15 bits per heavy atom. The molecule has 1 atom stereocenters. The monoisotopic (exact) mass is 483 g/mol. The molecule has 0 spiro atoms. The van der Waals surface area contributed by atoms with Crippen LogP contribution in [0.25, 0.3) is 21.3 Å². The third-order valence-corrected chi connectivity index (χ3v) is 6.54. The molecule has 2 N–H and O–H groups in total. The molecule has 0 aliphatic carbocycles. The molecule has 0 saturated carbocycles. The summed E-state index contributed by atoms with van der Waals surface area (Å²) in [5, 5.41) is 4.58. The van der Waals surface area contributed by atoms with Gasteiger partial charge in [0.2, 0.25) is 5.91 Å². The van der Waals surface area contributed by atoms with Crippen molar-refractivity contribution in [2.45, 2.75) is 18.9 Å². The quantitative estimate of drug-likeness (QED) is 0.354. The van der Waals surface area contributed by atoms with Crippen molar-refractivity contribution in [3.8, 4) is 11.8 Å². The minimum atomic E-state index is -2.73. The Kier molecular flexibility index (Phi) is 5.41. The van der Waals surface area contributed by atoms with Gasteiger partial charge in [0.15, 0.2) is 10.7 Å². The maximum absolute atomic E-state index is 14.6. The standard InChI is InChI=1S/C22H16F3N7OS/c1-2-17(33)31-6-5-12(9-31)32-21-18(20(26)27-10-28-21)14(30-32)4-3-11-7-15-16(8-13(11)23)34-22(29-15)19(24)25/h2,7-8,10,12,19H,1,5-6,9H2,(H2,26,27,28). The molecule has 1 aliphatic rings. The van der Waals surface area contributed by atoms with Gasteiger partial charge in [0.25, 0.3) is 6.43 Å². The van der Waals surface area contributed by atoms with E-state index in [0.717, 1.165) is 17.4 Å². The van der Waals surface area contributed by atoms with Gasteiger partial charge in [-0.3, -0.25) is 4.79 Å². The number of halogens is 3. The molecule has 0 bridgehead atoms. The third kappa shape index (κ3) is 3.73. The van der Waals surface area contributed by atoms with E-state index in [0.29, 0.717) is 35.2 Å². The molecule has 172 valence electrons. The molecule has 3 aromatic heterocycles. The van der Waals surface area contributed by atoms with Gasteiger partial charge in [-0.05, 0) is 30.6 Å². The molecule has 8 nitrogen and oxygen atoms in total. The second-order valence-electron chi connectivity index (χ2n) is 7.58. The van der Waals surface area contributed by atoms with Crippen LogP contribution in [0.1, 0.15) is 35.2 Å². The first kappa shape index (κ1) is 21.8. The van der Waals surface area contributed by atoms with Crippen molar-refractivity contribution >= 4 is 44.3 Å². The number of nitrogens with two attached hydrogens (primary N) is 1. The zero-order valence-electron chi connectivity index (χ0n) is 17.5. The minimum Gasteiger partial charge on any atom is -0.383 e. The Morgan fingerprint density at radius 1 is 1.32 bits per heavy atom. The second kappa shape index (κ2) is 8.42. The molecule has 1 aromatic carbocycles. The summed E-state index contributed by atoms with van der Waals surface area (Å²) in [6.45, 7) is 4.47. The fourth-order valence-electron chi connectivity index (χ4n) is 3.89. The van der Waals surface area contributed by atoms with E-state index in [-0.39, 0.29) is 39.5 Å². The molecular weight excluding hydrogens is 467 g/mol. The third-order valence-electron chi connectivity index (χ3n) is 5.51. The van der Waals surface area contributed by atoms with Crippen molar-refractivity contribution in [1.29, 1.82) is 0 Å². The van der Waals surface area contributed by atoms with Crippen LogP contribution in [0.4, 0.5) is 19.0 Å². The van der Waals surface area contributed by atoms with E-state index in [9.17, 15) is 18.0 Å². The molecule has 1 amide bonds. The maximum atomic E-state index is 14.6. The Labute approximate surface area is 194 Å². The van der Waals surface area contributed by atoms with Gasteiger partial charge in [-0.25, -0.2) is 32.8 Å². The van der Waals surface area contributed by atoms with Crippen LogP contribution in [0.3, 0.4) is 0 Å². The SMILES string of the molecule is C=CC(=O)N1CCC(n2nc(C#Cc3cc4nc(C(F)F)sc4cc3F)c3c(N)ncnc32)C1. The largest absolute Gasteiger partial charge is 0.383 e. The van der Waals surface area contributed by atoms with Crippen LogP contribution in [-0.2, 0) is 4.79 Å². The average Bonchev–Trinajstić information content (AvgIpc) is 3.54. The van der Waals surface area contributed by atoms with Gasteiger partial charge in [-0.1, -0.05) is 12.5 Å². The molecule has 0 radical (unpaired) electrons. The van der Waals surface area contributed by atoms with Crippen molar-refractivity contribution in [3.05, 3.63) is 53.2 Å². The van der Waals surface area contributed by atoms with E-state index in [1.807, 2.05) is 0 Å². The van der Waals surface area contributed by atoms with E-state index in [1.165, 1.54) is 18.5 Å². The van der Waals surface area contributed by atoms with Crippen molar-refractivity contribution in [3.63, 3.8) is 0 Å². The number of likely N-dealkylation sites (tertiary alicyclic amines) is 1. The van der Waals surface area contributed by atoms with Gasteiger partial charge in [0.1, 0.15) is 23.7 Å². The van der Waals surface area contributed by atoms with Gasteiger partial charge in [0.05, 0.1) is 27.2 Å². The number of amides is 1. The summed E-state index contributed by atoms with van der Waals surface area (Å²) in [6.07, 6.45) is 0.486. The Morgan fingerprint density at radius 3 is 2.91 bits per heavy atom. The number of hydrogen-bond donors (Lipinski definition) is 1. The van der Waals surface area contributed by atoms with Crippen molar-refractivity contribution in [2.75, 3.05) is 18.8 Å². The van der Waals surface area contributed by atoms with Crippen LogP contribution in [0.15, 0.2) is 31.1 Å². The molecule has 1 fully saturated rings. The maximum Gasteiger partial charge on any atom is 0.289 e. The number of fused-ring (bicyclic) bond motifs is 2. The highest BCUT2D eigenvalue weighted by atomic mass is 32.1. The van der Waals surface area contributed by atoms with E-state index in [2.05, 4.69) is 38.5 Å². The molecule has 1 unspecified atom stereocenters. The minimum absolute atomic E-state index is 0.0136. The van der Waals surface area contributed by atoms with E-state index in [1.54, 1.807) is 9.58 Å². The topological polar surface area (TPSA) is 103 Å². The number of rotatable bonds is 3. The van der Waals surface area contributed by atoms with Crippen LogP contribution in [0, 0.1) is 17.7 Å². The lowest BCUT2D eigenvalue weighted by Gasteiger charge is -2.14. The molecule has 4 aromatic rings. The number of nitrogens with zero attached hydrogens (tertiary/aromatic N) is 6. The summed E-state index contributed by atoms with van der Waals surface area (Å²) in [5.41, 5.74) is 6.99. The fourth-order valence-corrected chi connectivity index (χ4v) is 4.72. The number of thiazole rings is 1. The number of nitrogen functional groups attached to an aromatic ring is 1. The van der Waals surface area contributed by atoms with Gasteiger partial charge in [0, 0.05) is 13.1 Å². The lowest BCUT2D eigenvalue weighted by molar-refractivity contribution is -0.125. The Hall–Kier alpha value is -3.98. The van der Waals surface area contributed by atoms with Crippen LogP contribution in [0.2, 0.25) is 0 Å². The molecule has 5 rings (SSSR count). The summed E-state index contributed by atoms with van der Waals surface area (Å²) in [6, 6.07) is 2.31. The first-order valence-electron chi connectivity index (χ1n) is 10.2. The normalized spacial score (nSPS) is 15.8. The number of carbonyl (C=O) groups is 1. The van der Waals surface area contributed by atoms with Crippen LogP contribution >= 0.6 is 11.3 Å². The summed E-state index contributed by atoms with van der Waals surface area (Å²) in [5.74, 6) is 4.86. The van der Waals surface area contributed by atoms with Gasteiger partial charge < -0.3 is 10.6 Å². The van der Waals surface area contributed by atoms with Crippen LogP contribution in [0.5, 0.6) is 0 Å². The smallest absolute Gasteiger partial charge is 0.289 e. The number of benzene rings is 1. The average molecular weight is 483 g/mol. The first-order valence-corrected chi connectivity index (χ1v) is 11.0. The molecular formula is C22H16F3N7OS. The summed E-state index contributed by atoms with van der Waals surface area (Å²) in [7, 11) is 0. The van der Waals surface area contributed by atoms with E-state index < -0.39 is 12.2 Å². The number of carbonyl (C=O) groups excluding carboxylic acids is 1. The summed E-state index contributed by atoms with van der Waals surface area (Å²) in [4.78, 5) is 25.8. The zero-order chi connectivity index (χ0) is 24.0. The predicted octanol–water partition coefficient (Wildman–Crippen LogP) is 3.45. The number of alkyl halides is 2. The molecule has 12 heteroatoms. The highest BCUT2D eigenvalue weighted by Gasteiger charge is 2.29. The molecule has 1 saturated heterocycles. The van der Waals surface area contributed by atoms with Crippen molar-refractivity contribution in [1.82, 2.24) is 29.6 Å². The van der Waals surface area contributed by atoms with Crippen molar-refractivity contribution in [2.24, 2.45) is 0 Å². The summed E-state index contributed by atoms with van der Waals surface area (Å²) >= 11 is 0.736. The van der Waals surface area contributed by atoms with E-state index in [4.69, 9.17) is 5.73 Å². The van der Waals surface area contributed by atoms with Crippen LogP contribution < -0.4 is 5.73 Å². The Balaban J connectivity index is 1.55. The highest BCUT2D eigenvalue weighted by Crippen LogP contribution is 2.31. The lowest BCUT2D eigenvalue weighted by atomic mass is 10.2. The second-order valence-corrected chi connectivity index (χ2v) is 8.65. The van der Waals surface area contributed by atoms with Crippen LogP contribution in [-0.4, -0.2) is 48.6 Å². The number of aromatic nitrogens is 5. The fraction of sp³-hybridized carbons (Fsp3) is 0.227. The number of hydrogen-bond acceptors (Lipinski definition) is 7.